The molecule has 1 fully saturated rings. The van der Waals surface area contributed by atoms with E-state index in [1.807, 2.05) is 0 Å². The summed E-state index contributed by atoms with van der Waals surface area (Å²) in [5.41, 5.74) is 0.747. The molecule has 0 bridgehead atoms. The first-order valence-electron chi connectivity index (χ1n) is 7.98. The maximum atomic E-state index is 12.3. The Balaban J connectivity index is 1.60. The molecule has 0 aromatic carbocycles. The zero-order valence-corrected chi connectivity index (χ0v) is 14.7. The fourth-order valence-electron chi connectivity index (χ4n) is 2.87. The fraction of sp³-hybridized carbons (Fsp3) is 0.529. The third-order valence-electron chi connectivity index (χ3n) is 4.12. The molecule has 1 amide bonds. The number of carbonyl (C=O) groups is 1. The minimum atomic E-state index is -0.0916. The van der Waals surface area contributed by atoms with E-state index in [0.29, 0.717) is 18.5 Å². The molecule has 6 heteroatoms. The molecule has 5 nitrogen and oxygen atoms in total. The minimum absolute atomic E-state index is 0.0509. The van der Waals surface area contributed by atoms with Crippen molar-refractivity contribution in [3.05, 3.63) is 34.2 Å². The molecule has 1 saturated heterocycles. The minimum Gasteiger partial charge on any atom is -0.338 e. The van der Waals surface area contributed by atoms with Crippen molar-refractivity contribution in [1.29, 1.82) is 0 Å². The highest BCUT2D eigenvalue weighted by atomic mass is 32.1. The molecule has 1 aliphatic rings. The largest absolute Gasteiger partial charge is 0.338 e. The van der Waals surface area contributed by atoms with Crippen LogP contribution < -0.4 is 5.32 Å². The summed E-state index contributed by atoms with van der Waals surface area (Å²) < 4.78 is 5.23. The average molecular weight is 333 g/mol. The van der Waals surface area contributed by atoms with E-state index in [0.717, 1.165) is 25.1 Å². The summed E-state index contributed by atoms with van der Waals surface area (Å²) in [4.78, 5) is 15.9. The standard InChI is InChI=1S/C17H23N3O2S/c1-17(2,3)14-10-16(22-19-14)18-15(21)11-20-8-4-6-12(20)13-7-5-9-23-13/h5,7,9-10,12H,4,6,8,11H2,1-3H3,(H,18,21)/t12-/m1/s1. The van der Waals surface area contributed by atoms with Crippen LogP contribution in [0.5, 0.6) is 0 Å². The summed E-state index contributed by atoms with van der Waals surface area (Å²) in [6, 6.07) is 6.38. The molecule has 2 aromatic rings. The van der Waals surface area contributed by atoms with Crippen LogP contribution in [0.25, 0.3) is 0 Å². The molecule has 3 rings (SSSR count). The Morgan fingerprint density at radius 2 is 2.35 bits per heavy atom. The summed E-state index contributed by atoms with van der Waals surface area (Å²) in [5.74, 6) is 0.372. The van der Waals surface area contributed by atoms with Gasteiger partial charge >= 0.3 is 0 Å². The topological polar surface area (TPSA) is 58.4 Å². The lowest BCUT2D eigenvalue weighted by atomic mass is 9.92. The second-order valence-corrected chi connectivity index (χ2v) is 8.00. The smallest absolute Gasteiger partial charge is 0.240 e. The van der Waals surface area contributed by atoms with Gasteiger partial charge in [-0.15, -0.1) is 11.3 Å². The molecule has 0 saturated carbocycles. The predicted molar refractivity (Wildman–Crippen MR) is 91.7 cm³/mol. The summed E-state index contributed by atoms with van der Waals surface area (Å²) in [6.07, 6.45) is 2.25. The Hall–Kier alpha value is -1.66. The van der Waals surface area contributed by atoms with Crippen molar-refractivity contribution in [2.24, 2.45) is 0 Å². The molecule has 2 aromatic heterocycles. The molecule has 0 spiro atoms. The van der Waals surface area contributed by atoms with E-state index in [-0.39, 0.29) is 11.3 Å². The molecular formula is C17H23N3O2S. The van der Waals surface area contributed by atoms with Crippen molar-refractivity contribution in [3.63, 3.8) is 0 Å². The average Bonchev–Trinajstić information content (AvgIpc) is 3.17. The Labute approximate surface area is 140 Å². The van der Waals surface area contributed by atoms with Gasteiger partial charge in [-0.2, -0.15) is 0 Å². The third-order valence-corrected chi connectivity index (χ3v) is 5.10. The Bertz CT molecular complexity index is 658. The molecule has 124 valence electrons. The van der Waals surface area contributed by atoms with E-state index in [2.05, 4.69) is 53.7 Å². The zero-order valence-electron chi connectivity index (χ0n) is 13.8. The van der Waals surface area contributed by atoms with Crippen molar-refractivity contribution >= 4 is 23.1 Å². The lowest BCUT2D eigenvalue weighted by Crippen LogP contribution is -2.32. The number of hydrogen-bond donors (Lipinski definition) is 1. The third kappa shape index (κ3) is 3.82. The number of hydrogen-bond acceptors (Lipinski definition) is 5. The number of amides is 1. The highest BCUT2D eigenvalue weighted by Gasteiger charge is 2.28. The van der Waals surface area contributed by atoms with Crippen molar-refractivity contribution in [2.45, 2.75) is 45.1 Å². The van der Waals surface area contributed by atoms with Gasteiger partial charge in [0.05, 0.1) is 12.2 Å². The summed E-state index contributed by atoms with van der Waals surface area (Å²) in [5, 5.41) is 8.94. The van der Waals surface area contributed by atoms with E-state index >= 15 is 0 Å². The van der Waals surface area contributed by atoms with E-state index in [4.69, 9.17) is 4.52 Å². The van der Waals surface area contributed by atoms with Gasteiger partial charge in [-0.1, -0.05) is 32.0 Å². The number of anilines is 1. The van der Waals surface area contributed by atoms with Crippen LogP contribution >= 0.6 is 11.3 Å². The van der Waals surface area contributed by atoms with E-state index in [9.17, 15) is 4.79 Å². The normalized spacial score (nSPS) is 19.2. The van der Waals surface area contributed by atoms with Crippen molar-refractivity contribution < 1.29 is 9.32 Å². The van der Waals surface area contributed by atoms with Crippen molar-refractivity contribution in [3.8, 4) is 0 Å². The first kappa shape index (κ1) is 16.2. The van der Waals surface area contributed by atoms with Crippen molar-refractivity contribution in [2.75, 3.05) is 18.4 Å². The van der Waals surface area contributed by atoms with Gasteiger partial charge in [0.2, 0.25) is 11.8 Å². The van der Waals surface area contributed by atoms with Crippen LogP contribution in [0, 0.1) is 0 Å². The number of carbonyl (C=O) groups excluding carboxylic acids is 1. The summed E-state index contributed by atoms with van der Waals surface area (Å²) >= 11 is 1.76. The Morgan fingerprint density at radius 3 is 3.00 bits per heavy atom. The molecule has 0 radical (unpaired) electrons. The number of thiophene rings is 1. The van der Waals surface area contributed by atoms with Crippen LogP contribution in [0.1, 0.15) is 50.2 Å². The number of likely N-dealkylation sites (tertiary alicyclic amines) is 1. The SMILES string of the molecule is CC(C)(C)c1cc(NC(=O)CN2CCC[C@@H]2c2cccs2)on1. The van der Waals surface area contributed by atoms with Crippen LogP contribution in [0.3, 0.4) is 0 Å². The van der Waals surface area contributed by atoms with Gasteiger partial charge in [0.1, 0.15) is 0 Å². The monoisotopic (exact) mass is 333 g/mol. The highest BCUT2D eigenvalue weighted by Crippen LogP contribution is 2.34. The summed E-state index contributed by atoms with van der Waals surface area (Å²) in [6.45, 7) is 7.53. The molecule has 0 unspecified atom stereocenters. The van der Waals surface area contributed by atoms with Crippen molar-refractivity contribution in [1.82, 2.24) is 10.1 Å². The Morgan fingerprint density at radius 1 is 1.52 bits per heavy atom. The van der Waals surface area contributed by atoms with Gasteiger partial charge in [-0.25, -0.2) is 0 Å². The predicted octanol–water partition coefficient (Wildman–Crippen LogP) is 3.81. The number of nitrogens with zero attached hydrogens (tertiary/aromatic N) is 2. The number of rotatable bonds is 4. The number of nitrogens with one attached hydrogen (secondary N) is 1. The fourth-order valence-corrected chi connectivity index (χ4v) is 3.76. The van der Waals surface area contributed by atoms with Gasteiger partial charge in [-0.05, 0) is 30.8 Å². The molecule has 1 aliphatic heterocycles. The zero-order chi connectivity index (χ0) is 16.4. The van der Waals surface area contributed by atoms with E-state index in [1.54, 1.807) is 17.4 Å². The first-order valence-corrected chi connectivity index (χ1v) is 8.86. The maximum absolute atomic E-state index is 12.3. The van der Waals surface area contributed by atoms with Gasteiger partial charge in [-0.3, -0.25) is 15.0 Å². The van der Waals surface area contributed by atoms with E-state index < -0.39 is 0 Å². The molecular weight excluding hydrogens is 310 g/mol. The number of aromatic nitrogens is 1. The van der Waals surface area contributed by atoms with Gasteiger partial charge in [0, 0.05) is 22.4 Å². The van der Waals surface area contributed by atoms with Crippen LogP contribution in [0.2, 0.25) is 0 Å². The van der Waals surface area contributed by atoms with Crippen LogP contribution in [0.15, 0.2) is 28.1 Å². The first-order chi connectivity index (χ1) is 10.9. The maximum Gasteiger partial charge on any atom is 0.240 e. The molecule has 3 heterocycles. The highest BCUT2D eigenvalue weighted by molar-refractivity contribution is 7.10. The van der Waals surface area contributed by atoms with Crippen LogP contribution in [0.4, 0.5) is 5.88 Å². The second kappa shape index (κ2) is 6.45. The quantitative estimate of drug-likeness (QED) is 0.924. The van der Waals surface area contributed by atoms with Crippen LogP contribution in [-0.2, 0) is 10.2 Å². The van der Waals surface area contributed by atoms with E-state index in [1.165, 1.54) is 4.88 Å². The van der Waals surface area contributed by atoms with Gasteiger partial charge in [0.25, 0.3) is 0 Å². The molecule has 1 atom stereocenters. The molecule has 23 heavy (non-hydrogen) atoms. The second-order valence-electron chi connectivity index (χ2n) is 7.02. The lowest BCUT2D eigenvalue weighted by Gasteiger charge is -2.22. The lowest BCUT2D eigenvalue weighted by molar-refractivity contribution is -0.117. The van der Waals surface area contributed by atoms with Gasteiger partial charge in [0.15, 0.2) is 0 Å². The molecule has 1 N–H and O–H groups in total. The van der Waals surface area contributed by atoms with Gasteiger partial charge < -0.3 is 4.52 Å². The molecule has 0 aliphatic carbocycles. The van der Waals surface area contributed by atoms with Crippen LogP contribution in [-0.4, -0.2) is 29.1 Å². The Kier molecular flexibility index (Phi) is 4.55. The summed E-state index contributed by atoms with van der Waals surface area (Å²) in [7, 11) is 0.